The maximum Gasteiger partial charge on any atom is 0.317 e. The van der Waals surface area contributed by atoms with E-state index in [4.69, 9.17) is 27.8 Å². The zero-order valence-electron chi connectivity index (χ0n) is 10.3. The average molecular weight is 268 g/mol. The molecule has 0 amide bonds. The highest BCUT2D eigenvalue weighted by atomic mass is 32.1. The Hall–Kier alpha value is -1.66. The highest BCUT2D eigenvalue weighted by molar-refractivity contribution is 7.80. The molecule has 0 fully saturated rings. The lowest BCUT2D eigenvalue weighted by atomic mass is 10.1. The standard InChI is InChI=1S/C12H16N2O3S/c1-14(7-10(15)16)11(12(13)18)8-4-3-5-9(6-8)17-2/h3-6,11H,7H2,1-2H3,(H2,13,18)(H,15,16). The Balaban J connectivity index is 3.03. The highest BCUT2D eigenvalue weighted by Crippen LogP contribution is 2.23. The molecule has 0 spiro atoms. The van der Waals surface area contributed by atoms with Gasteiger partial charge in [0, 0.05) is 0 Å². The number of thiocarbonyl (C=S) groups is 1. The number of carboxylic acid groups (broad SMARTS) is 1. The molecule has 1 unspecified atom stereocenters. The molecule has 98 valence electrons. The molecule has 0 aliphatic heterocycles. The van der Waals surface area contributed by atoms with Crippen LogP contribution in [0.2, 0.25) is 0 Å². The van der Waals surface area contributed by atoms with Crippen LogP contribution in [0.4, 0.5) is 0 Å². The number of hydrogen-bond acceptors (Lipinski definition) is 4. The Bertz CT molecular complexity index is 451. The van der Waals surface area contributed by atoms with Crippen LogP contribution < -0.4 is 10.5 Å². The lowest BCUT2D eigenvalue weighted by Crippen LogP contribution is -2.37. The lowest BCUT2D eigenvalue weighted by Gasteiger charge is -2.26. The number of benzene rings is 1. The Morgan fingerprint density at radius 3 is 2.78 bits per heavy atom. The van der Waals surface area contributed by atoms with Gasteiger partial charge in [-0.2, -0.15) is 0 Å². The number of nitrogens with zero attached hydrogens (tertiary/aromatic N) is 1. The van der Waals surface area contributed by atoms with Crippen molar-refractivity contribution in [1.29, 1.82) is 0 Å². The van der Waals surface area contributed by atoms with Crippen LogP contribution in [0.1, 0.15) is 11.6 Å². The molecule has 0 aliphatic rings. The van der Waals surface area contributed by atoms with Gasteiger partial charge in [-0.1, -0.05) is 24.4 Å². The van der Waals surface area contributed by atoms with E-state index >= 15 is 0 Å². The minimum Gasteiger partial charge on any atom is -0.497 e. The van der Waals surface area contributed by atoms with Crippen molar-refractivity contribution in [3.8, 4) is 5.75 Å². The van der Waals surface area contributed by atoms with Crippen molar-refractivity contribution in [1.82, 2.24) is 4.90 Å². The fourth-order valence-corrected chi connectivity index (χ4v) is 2.07. The molecule has 1 atom stereocenters. The molecule has 0 radical (unpaired) electrons. The van der Waals surface area contributed by atoms with Crippen LogP contribution in [-0.2, 0) is 4.79 Å². The zero-order valence-corrected chi connectivity index (χ0v) is 11.1. The van der Waals surface area contributed by atoms with Crippen LogP contribution in [0.25, 0.3) is 0 Å². The number of nitrogens with two attached hydrogens (primary N) is 1. The van der Waals surface area contributed by atoms with Gasteiger partial charge in [0.05, 0.1) is 24.7 Å². The van der Waals surface area contributed by atoms with E-state index in [0.717, 1.165) is 5.56 Å². The topological polar surface area (TPSA) is 75.8 Å². The third-order valence-electron chi connectivity index (χ3n) is 2.50. The Morgan fingerprint density at radius 1 is 1.61 bits per heavy atom. The molecule has 5 nitrogen and oxygen atoms in total. The van der Waals surface area contributed by atoms with Crippen LogP contribution in [0.3, 0.4) is 0 Å². The monoisotopic (exact) mass is 268 g/mol. The molecule has 0 aliphatic carbocycles. The molecule has 1 aromatic carbocycles. The second-order valence-corrected chi connectivity index (χ2v) is 4.36. The molecule has 0 saturated carbocycles. The van der Waals surface area contributed by atoms with Crippen LogP contribution in [-0.4, -0.2) is 41.7 Å². The first-order valence-corrected chi connectivity index (χ1v) is 5.72. The Morgan fingerprint density at radius 2 is 2.28 bits per heavy atom. The lowest BCUT2D eigenvalue weighted by molar-refractivity contribution is -0.138. The fraction of sp³-hybridized carbons (Fsp3) is 0.333. The molecule has 0 saturated heterocycles. The maximum absolute atomic E-state index is 10.7. The van der Waals surface area contributed by atoms with Crippen LogP contribution in [0, 0.1) is 0 Å². The van der Waals surface area contributed by atoms with Gasteiger partial charge >= 0.3 is 5.97 Å². The predicted molar refractivity (Wildman–Crippen MR) is 72.8 cm³/mol. The van der Waals surface area contributed by atoms with Crippen molar-refractivity contribution in [2.45, 2.75) is 6.04 Å². The van der Waals surface area contributed by atoms with Crippen LogP contribution >= 0.6 is 12.2 Å². The van der Waals surface area contributed by atoms with E-state index in [0.29, 0.717) is 5.75 Å². The summed E-state index contributed by atoms with van der Waals surface area (Å²) in [5.74, 6) is -0.251. The van der Waals surface area contributed by atoms with Gasteiger partial charge in [-0.15, -0.1) is 0 Å². The summed E-state index contributed by atoms with van der Waals surface area (Å²) in [6.45, 7) is -0.140. The van der Waals surface area contributed by atoms with Gasteiger partial charge in [0.1, 0.15) is 5.75 Å². The molecule has 0 bridgehead atoms. The van der Waals surface area contributed by atoms with Gasteiger partial charge < -0.3 is 15.6 Å². The van der Waals surface area contributed by atoms with E-state index in [2.05, 4.69) is 0 Å². The van der Waals surface area contributed by atoms with Crippen molar-refractivity contribution in [2.75, 3.05) is 20.7 Å². The number of carbonyl (C=O) groups is 1. The molecule has 6 heteroatoms. The Kier molecular flexibility index (Phi) is 5.06. The molecule has 3 N–H and O–H groups in total. The molecule has 1 aromatic rings. The fourth-order valence-electron chi connectivity index (χ4n) is 1.75. The van der Waals surface area contributed by atoms with Gasteiger partial charge in [-0.25, -0.2) is 0 Å². The SMILES string of the molecule is COc1cccc(C(C(N)=S)N(C)CC(=O)O)c1. The first-order valence-electron chi connectivity index (χ1n) is 5.31. The second-order valence-electron chi connectivity index (χ2n) is 3.89. The summed E-state index contributed by atoms with van der Waals surface area (Å²) < 4.78 is 5.13. The molecule has 1 rings (SSSR count). The van der Waals surface area contributed by atoms with Gasteiger partial charge in [0.25, 0.3) is 0 Å². The van der Waals surface area contributed by atoms with Gasteiger partial charge in [0.15, 0.2) is 0 Å². The van der Waals surface area contributed by atoms with Crippen molar-refractivity contribution in [3.05, 3.63) is 29.8 Å². The number of rotatable bonds is 6. The number of likely N-dealkylation sites (N-methyl/N-ethyl adjacent to an activating group) is 1. The van der Waals surface area contributed by atoms with E-state index < -0.39 is 12.0 Å². The number of aliphatic carboxylic acids is 1. The summed E-state index contributed by atoms with van der Waals surface area (Å²) >= 11 is 5.01. The summed E-state index contributed by atoms with van der Waals surface area (Å²) in [5.41, 5.74) is 6.50. The Labute approximate surface area is 111 Å². The van der Waals surface area contributed by atoms with E-state index in [-0.39, 0.29) is 11.5 Å². The molecular formula is C12H16N2O3S. The van der Waals surface area contributed by atoms with Crippen molar-refractivity contribution >= 4 is 23.2 Å². The van der Waals surface area contributed by atoms with Crippen LogP contribution in [0.15, 0.2) is 24.3 Å². The number of carboxylic acids is 1. The summed E-state index contributed by atoms with van der Waals surface area (Å²) in [4.78, 5) is 12.6. The summed E-state index contributed by atoms with van der Waals surface area (Å²) in [6.07, 6.45) is 0. The smallest absolute Gasteiger partial charge is 0.317 e. The quantitative estimate of drug-likeness (QED) is 0.751. The number of ether oxygens (including phenoxy) is 1. The second kappa shape index (κ2) is 6.32. The van der Waals surface area contributed by atoms with E-state index in [1.807, 2.05) is 12.1 Å². The highest BCUT2D eigenvalue weighted by Gasteiger charge is 2.22. The minimum atomic E-state index is -0.929. The summed E-state index contributed by atoms with van der Waals surface area (Å²) in [7, 11) is 3.23. The zero-order chi connectivity index (χ0) is 13.7. The van der Waals surface area contributed by atoms with Gasteiger partial charge in [-0.05, 0) is 24.7 Å². The number of methoxy groups -OCH3 is 1. The van der Waals surface area contributed by atoms with Crippen molar-refractivity contribution in [2.24, 2.45) is 5.73 Å². The van der Waals surface area contributed by atoms with E-state index in [1.54, 1.807) is 31.2 Å². The summed E-state index contributed by atoms with van der Waals surface area (Å²) in [6, 6.07) is 6.82. The molecule has 0 heterocycles. The first-order chi connectivity index (χ1) is 8.45. The van der Waals surface area contributed by atoms with E-state index in [9.17, 15) is 4.79 Å². The third-order valence-corrected chi connectivity index (χ3v) is 2.73. The third kappa shape index (κ3) is 3.68. The molecular weight excluding hydrogens is 252 g/mol. The minimum absolute atomic E-state index is 0.140. The normalized spacial score (nSPS) is 12.2. The number of hydrogen-bond donors (Lipinski definition) is 2. The van der Waals surface area contributed by atoms with E-state index in [1.165, 1.54) is 0 Å². The van der Waals surface area contributed by atoms with Crippen LogP contribution in [0.5, 0.6) is 5.75 Å². The largest absolute Gasteiger partial charge is 0.497 e. The molecule has 0 aromatic heterocycles. The van der Waals surface area contributed by atoms with Crippen molar-refractivity contribution in [3.63, 3.8) is 0 Å². The molecule has 18 heavy (non-hydrogen) atoms. The van der Waals surface area contributed by atoms with Crippen molar-refractivity contribution < 1.29 is 14.6 Å². The summed E-state index contributed by atoms with van der Waals surface area (Å²) in [5, 5.41) is 8.81. The van der Waals surface area contributed by atoms with Gasteiger partial charge in [-0.3, -0.25) is 9.69 Å². The van der Waals surface area contributed by atoms with Gasteiger partial charge in [0.2, 0.25) is 0 Å². The predicted octanol–water partition coefficient (Wildman–Crippen LogP) is 1.04. The average Bonchev–Trinajstić information content (AvgIpc) is 2.28. The first kappa shape index (κ1) is 14.4. The maximum atomic E-state index is 10.7.